The number of para-hydroxylation sites is 1. The molecule has 2 aromatic heterocycles. The van der Waals surface area contributed by atoms with Crippen LogP contribution in [0.5, 0.6) is 0 Å². The standard InChI is InChI=1S/C19H18FN5OS/c1-13-10-15(14(2)25(13)17-7-4-3-6-16(17)20)11-23-24-18(26)12-27-19-21-8-5-9-22-19/h3-11H,12H2,1-2H3,(H,24,26)/b23-11-. The van der Waals surface area contributed by atoms with Crippen LogP contribution in [0.15, 0.2) is 59.0 Å². The number of nitrogens with zero attached hydrogens (tertiary/aromatic N) is 4. The number of thioether (sulfide) groups is 1. The highest BCUT2D eigenvalue weighted by atomic mass is 32.2. The minimum Gasteiger partial charge on any atom is -0.315 e. The van der Waals surface area contributed by atoms with Crippen LogP contribution in [0.3, 0.4) is 0 Å². The number of hydrogen-bond donors (Lipinski definition) is 1. The number of carbonyl (C=O) groups is 1. The predicted octanol–water partition coefficient (Wildman–Crippen LogP) is 3.27. The van der Waals surface area contributed by atoms with E-state index in [9.17, 15) is 9.18 Å². The van der Waals surface area contributed by atoms with Crippen molar-refractivity contribution in [1.29, 1.82) is 0 Å². The Morgan fingerprint density at radius 2 is 2.00 bits per heavy atom. The van der Waals surface area contributed by atoms with Gasteiger partial charge >= 0.3 is 0 Å². The van der Waals surface area contributed by atoms with E-state index in [0.29, 0.717) is 10.8 Å². The van der Waals surface area contributed by atoms with E-state index in [4.69, 9.17) is 0 Å². The summed E-state index contributed by atoms with van der Waals surface area (Å²) in [6.45, 7) is 3.77. The lowest BCUT2D eigenvalue weighted by molar-refractivity contribution is -0.118. The number of hydrazone groups is 1. The van der Waals surface area contributed by atoms with Crippen molar-refractivity contribution in [2.24, 2.45) is 5.10 Å². The third-order valence-electron chi connectivity index (χ3n) is 3.83. The van der Waals surface area contributed by atoms with Crippen LogP contribution in [0.25, 0.3) is 5.69 Å². The zero-order chi connectivity index (χ0) is 19.2. The molecule has 0 aliphatic heterocycles. The second-order valence-electron chi connectivity index (χ2n) is 5.73. The Morgan fingerprint density at radius 3 is 2.74 bits per heavy atom. The van der Waals surface area contributed by atoms with Crippen LogP contribution in [0.1, 0.15) is 17.0 Å². The number of aromatic nitrogens is 3. The minimum absolute atomic E-state index is 0.162. The lowest BCUT2D eigenvalue weighted by Crippen LogP contribution is -2.19. The SMILES string of the molecule is Cc1cc(/C=N\NC(=O)CSc2ncccn2)c(C)n1-c1ccccc1F. The molecule has 0 spiro atoms. The average Bonchev–Trinajstić information content (AvgIpc) is 2.95. The van der Waals surface area contributed by atoms with Crippen LogP contribution in [-0.4, -0.2) is 32.4 Å². The molecule has 0 aliphatic carbocycles. The molecule has 27 heavy (non-hydrogen) atoms. The molecular formula is C19H18FN5OS. The summed E-state index contributed by atoms with van der Waals surface area (Å²) in [7, 11) is 0. The zero-order valence-electron chi connectivity index (χ0n) is 14.9. The molecule has 138 valence electrons. The summed E-state index contributed by atoms with van der Waals surface area (Å²) in [5.74, 6) is -0.391. The molecule has 0 aliphatic rings. The van der Waals surface area contributed by atoms with Crippen molar-refractivity contribution in [2.45, 2.75) is 19.0 Å². The van der Waals surface area contributed by atoms with E-state index in [1.54, 1.807) is 42.9 Å². The summed E-state index contributed by atoms with van der Waals surface area (Å²) in [6, 6.07) is 10.2. The van der Waals surface area contributed by atoms with Crippen LogP contribution in [0, 0.1) is 19.7 Å². The molecule has 0 atom stereocenters. The van der Waals surface area contributed by atoms with E-state index in [0.717, 1.165) is 17.0 Å². The molecule has 1 amide bonds. The van der Waals surface area contributed by atoms with Crippen LogP contribution >= 0.6 is 11.8 Å². The number of amides is 1. The van der Waals surface area contributed by atoms with Gasteiger partial charge < -0.3 is 4.57 Å². The molecule has 2 heterocycles. The predicted molar refractivity (Wildman–Crippen MR) is 104 cm³/mol. The fraction of sp³-hybridized carbons (Fsp3) is 0.158. The Hall–Kier alpha value is -3.00. The number of aryl methyl sites for hydroxylation is 1. The second-order valence-corrected chi connectivity index (χ2v) is 6.67. The van der Waals surface area contributed by atoms with Gasteiger partial charge in [-0.2, -0.15) is 5.10 Å². The summed E-state index contributed by atoms with van der Waals surface area (Å²) in [4.78, 5) is 20.0. The zero-order valence-corrected chi connectivity index (χ0v) is 15.7. The third-order valence-corrected chi connectivity index (χ3v) is 4.71. The van der Waals surface area contributed by atoms with Crippen molar-refractivity contribution in [3.8, 4) is 5.69 Å². The van der Waals surface area contributed by atoms with E-state index in [1.807, 2.05) is 24.5 Å². The Morgan fingerprint density at radius 1 is 1.26 bits per heavy atom. The number of benzene rings is 1. The quantitative estimate of drug-likeness (QED) is 0.307. The summed E-state index contributed by atoms with van der Waals surface area (Å²) >= 11 is 1.23. The number of carbonyl (C=O) groups excluding carboxylic acids is 1. The molecule has 0 radical (unpaired) electrons. The molecule has 0 saturated carbocycles. The molecule has 8 heteroatoms. The third kappa shape index (κ3) is 4.59. The minimum atomic E-state index is -0.295. The maximum Gasteiger partial charge on any atom is 0.250 e. The monoisotopic (exact) mass is 383 g/mol. The van der Waals surface area contributed by atoms with Gasteiger partial charge in [-0.15, -0.1) is 0 Å². The lowest BCUT2D eigenvalue weighted by Gasteiger charge is -2.10. The van der Waals surface area contributed by atoms with E-state index in [-0.39, 0.29) is 17.5 Å². The largest absolute Gasteiger partial charge is 0.315 e. The molecule has 3 aromatic rings. The molecular weight excluding hydrogens is 365 g/mol. The van der Waals surface area contributed by atoms with Gasteiger partial charge in [0.15, 0.2) is 5.16 Å². The normalized spacial score (nSPS) is 11.1. The first-order chi connectivity index (χ1) is 13.1. The van der Waals surface area contributed by atoms with E-state index >= 15 is 0 Å². The van der Waals surface area contributed by atoms with Crippen LogP contribution in [0.4, 0.5) is 4.39 Å². The Labute approximate surface area is 160 Å². The highest BCUT2D eigenvalue weighted by Gasteiger charge is 2.12. The molecule has 0 saturated heterocycles. The lowest BCUT2D eigenvalue weighted by atomic mass is 10.2. The maximum atomic E-state index is 14.1. The van der Waals surface area contributed by atoms with Gasteiger partial charge in [-0.3, -0.25) is 4.79 Å². The molecule has 0 bridgehead atoms. The highest BCUT2D eigenvalue weighted by molar-refractivity contribution is 7.99. The summed E-state index contributed by atoms with van der Waals surface area (Å²) in [6.07, 6.45) is 4.80. The van der Waals surface area contributed by atoms with Gasteiger partial charge in [0.1, 0.15) is 5.82 Å². The van der Waals surface area contributed by atoms with Crippen molar-refractivity contribution in [3.63, 3.8) is 0 Å². The van der Waals surface area contributed by atoms with Gasteiger partial charge in [0.05, 0.1) is 17.7 Å². The maximum absolute atomic E-state index is 14.1. The highest BCUT2D eigenvalue weighted by Crippen LogP contribution is 2.21. The summed E-state index contributed by atoms with van der Waals surface area (Å²) < 4.78 is 15.9. The van der Waals surface area contributed by atoms with Gasteiger partial charge in [-0.25, -0.2) is 19.8 Å². The van der Waals surface area contributed by atoms with Gasteiger partial charge in [-0.05, 0) is 38.1 Å². The van der Waals surface area contributed by atoms with Crippen molar-refractivity contribution in [2.75, 3.05) is 5.75 Å². The fourth-order valence-electron chi connectivity index (χ4n) is 2.62. The van der Waals surface area contributed by atoms with Gasteiger partial charge in [0.2, 0.25) is 0 Å². The average molecular weight is 383 g/mol. The first kappa shape index (κ1) is 18.8. The van der Waals surface area contributed by atoms with Crippen LogP contribution < -0.4 is 5.43 Å². The summed E-state index contributed by atoms with van der Waals surface area (Å²) in [5, 5.41) is 4.53. The number of hydrogen-bond acceptors (Lipinski definition) is 5. The topological polar surface area (TPSA) is 72.2 Å². The number of rotatable bonds is 6. The second kappa shape index (κ2) is 8.59. The first-order valence-corrected chi connectivity index (χ1v) is 9.20. The van der Waals surface area contributed by atoms with Crippen LogP contribution in [-0.2, 0) is 4.79 Å². The van der Waals surface area contributed by atoms with Crippen molar-refractivity contribution >= 4 is 23.9 Å². The molecule has 0 unspecified atom stereocenters. The van der Waals surface area contributed by atoms with Crippen molar-refractivity contribution in [3.05, 3.63) is 71.6 Å². The number of halogens is 1. The van der Waals surface area contributed by atoms with Crippen molar-refractivity contribution in [1.82, 2.24) is 20.0 Å². The van der Waals surface area contributed by atoms with Crippen LogP contribution in [0.2, 0.25) is 0 Å². The Kier molecular flexibility index (Phi) is 5.97. The van der Waals surface area contributed by atoms with Crippen molar-refractivity contribution < 1.29 is 9.18 Å². The van der Waals surface area contributed by atoms with Gasteiger partial charge in [0, 0.05) is 29.3 Å². The Balaban J connectivity index is 1.65. The smallest absolute Gasteiger partial charge is 0.250 e. The van der Waals surface area contributed by atoms with E-state index in [2.05, 4.69) is 20.5 Å². The summed E-state index contributed by atoms with van der Waals surface area (Å²) in [5.41, 5.74) is 5.47. The Bertz CT molecular complexity index is 971. The van der Waals surface area contributed by atoms with Gasteiger partial charge in [-0.1, -0.05) is 23.9 Å². The molecule has 1 aromatic carbocycles. The molecule has 6 nitrogen and oxygen atoms in total. The molecule has 0 fully saturated rings. The number of nitrogens with one attached hydrogen (secondary N) is 1. The van der Waals surface area contributed by atoms with E-state index < -0.39 is 0 Å². The van der Waals surface area contributed by atoms with Gasteiger partial charge in [0.25, 0.3) is 5.91 Å². The fourth-order valence-corrected chi connectivity index (χ4v) is 3.21. The molecule has 3 rings (SSSR count). The first-order valence-electron chi connectivity index (χ1n) is 8.22. The van der Waals surface area contributed by atoms with E-state index in [1.165, 1.54) is 17.8 Å². The molecule has 1 N–H and O–H groups in total.